The van der Waals surface area contributed by atoms with Gasteiger partial charge in [0, 0.05) is 31.3 Å². The van der Waals surface area contributed by atoms with Gasteiger partial charge in [0.05, 0.1) is 19.1 Å². The average Bonchev–Trinajstić information content (AvgIpc) is 2.98. The van der Waals surface area contributed by atoms with Crippen molar-refractivity contribution in [3.63, 3.8) is 0 Å². The Balaban J connectivity index is 1.67. The molecular weight excluding hydrogens is 276 g/mol. The van der Waals surface area contributed by atoms with Gasteiger partial charge in [0.25, 0.3) is 0 Å². The molecule has 1 aromatic heterocycles. The smallest absolute Gasteiger partial charge is 0.152 e. The largest absolute Gasteiger partial charge is 0.379 e. The quantitative estimate of drug-likeness (QED) is 0.812. The van der Waals surface area contributed by atoms with Gasteiger partial charge >= 0.3 is 0 Å². The van der Waals surface area contributed by atoms with E-state index in [4.69, 9.17) is 20.9 Å². The van der Waals surface area contributed by atoms with Crippen LogP contribution >= 0.6 is 11.6 Å². The molecule has 0 bridgehead atoms. The van der Waals surface area contributed by atoms with Crippen molar-refractivity contribution in [3.05, 3.63) is 41.7 Å². The van der Waals surface area contributed by atoms with Crippen LogP contribution in [0.15, 0.2) is 34.9 Å². The zero-order valence-corrected chi connectivity index (χ0v) is 12.0. The number of ether oxygens (including phenoxy) is 1. The van der Waals surface area contributed by atoms with E-state index in [9.17, 15) is 0 Å². The van der Waals surface area contributed by atoms with Crippen LogP contribution in [0.5, 0.6) is 0 Å². The fraction of sp³-hybridized carbons (Fsp3) is 0.400. The first kappa shape index (κ1) is 13.6. The summed E-state index contributed by atoms with van der Waals surface area (Å²) in [5.41, 5.74) is 3.19. The fourth-order valence-corrected chi connectivity index (χ4v) is 2.44. The van der Waals surface area contributed by atoms with Crippen molar-refractivity contribution in [2.45, 2.75) is 12.4 Å². The van der Waals surface area contributed by atoms with Crippen LogP contribution in [0.1, 0.15) is 11.3 Å². The van der Waals surface area contributed by atoms with Crippen molar-refractivity contribution in [1.82, 2.24) is 10.1 Å². The van der Waals surface area contributed by atoms with Gasteiger partial charge in [-0.25, -0.2) is 0 Å². The highest BCUT2D eigenvalue weighted by molar-refractivity contribution is 6.16. The van der Waals surface area contributed by atoms with Crippen molar-refractivity contribution in [2.24, 2.45) is 0 Å². The van der Waals surface area contributed by atoms with Crippen molar-refractivity contribution in [2.75, 3.05) is 26.3 Å². The summed E-state index contributed by atoms with van der Waals surface area (Å²) in [4.78, 5) is 2.40. The van der Waals surface area contributed by atoms with Crippen molar-refractivity contribution >= 4 is 11.6 Å². The first-order valence-electron chi connectivity index (χ1n) is 6.76. The normalized spacial score (nSPS) is 16.4. The van der Waals surface area contributed by atoms with E-state index in [1.54, 1.807) is 0 Å². The number of morpholine rings is 1. The third kappa shape index (κ3) is 3.20. The van der Waals surface area contributed by atoms with E-state index in [1.165, 1.54) is 5.56 Å². The van der Waals surface area contributed by atoms with Gasteiger partial charge < -0.3 is 9.26 Å². The third-order valence-corrected chi connectivity index (χ3v) is 3.71. The summed E-state index contributed by atoms with van der Waals surface area (Å²) in [5, 5.41) is 4.02. The van der Waals surface area contributed by atoms with E-state index in [-0.39, 0.29) is 0 Å². The van der Waals surface area contributed by atoms with Crippen LogP contribution in [0, 0.1) is 0 Å². The second-order valence-corrected chi connectivity index (χ2v) is 5.16. The third-order valence-electron chi connectivity index (χ3n) is 3.45. The van der Waals surface area contributed by atoms with Crippen LogP contribution in [-0.4, -0.2) is 36.4 Å². The highest BCUT2D eigenvalue weighted by Gasteiger charge is 2.11. The summed E-state index contributed by atoms with van der Waals surface area (Å²) in [7, 11) is 0. The number of alkyl halides is 1. The monoisotopic (exact) mass is 292 g/mol. The fourth-order valence-electron chi connectivity index (χ4n) is 2.31. The van der Waals surface area contributed by atoms with Gasteiger partial charge in [-0.1, -0.05) is 29.4 Å². The number of halogens is 1. The van der Waals surface area contributed by atoms with E-state index < -0.39 is 0 Å². The highest BCUT2D eigenvalue weighted by atomic mass is 35.5. The minimum absolute atomic E-state index is 0.349. The predicted octanol–water partition coefficient (Wildman–Crippen LogP) is 2.91. The minimum Gasteiger partial charge on any atom is -0.379 e. The average molecular weight is 293 g/mol. The summed E-state index contributed by atoms with van der Waals surface area (Å²) in [6.07, 6.45) is 0. The van der Waals surface area contributed by atoms with Gasteiger partial charge in [-0.15, -0.1) is 11.6 Å². The second-order valence-electron chi connectivity index (χ2n) is 4.90. The molecule has 0 amide bonds. The molecular formula is C15H17ClN2O2. The van der Waals surface area contributed by atoms with Crippen molar-refractivity contribution in [3.8, 4) is 11.3 Å². The van der Waals surface area contributed by atoms with E-state index in [2.05, 4.69) is 34.3 Å². The lowest BCUT2D eigenvalue weighted by atomic mass is 10.1. The van der Waals surface area contributed by atoms with E-state index in [0.717, 1.165) is 44.1 Å². The number of aromatic nitrogens is 1. The topological polar surface area (TPSA) is 38.5 Å². The first-order valence-corrected chi connectivity index (χ1v) is 7.29. The Kier molecular flexibility index (Phi) is 4.35. The molecule has 2 aromatic rings. The molecule has 1 fully saturated rings. The minimum atomic E-state index is 0.349. The molecule has 0 spiro atoms. The maximum absolute atomic E-state index is 5.71. The molecule has 106 valence electrons. The molecule has 4 nitrogen and oxygen atoms in total. The van der Waals surface area contributed by atoms with Crippen LogP contribution in [0.4, 0.5) is 0 Å². The molecule has 1 aromatic carbocycles. The first-order chi connectivity index (χ1) is 9.85. The Morgan fingerprint density at radius 2 is 1.90 bits per heavy atom. The molecule has 3 rings (SSSR count). The Bertz CT molecular complexity index is 547. The molecule has 1 aliphatic rings. The maximum Gasteiger partial charge on any atom is 0.152 e. The zero-order chi connectivity index (χ0) is 13.8. The molecule has 20 heavy (non-hydrogen) atoms. The molecule has 0 aliphatic carbocycles. The SMILES string of the molecule is ClCc1cc(-c2ccc(CN3CCOCC3)cc2)no1. The van der Waals surface area contributed by atoms with Crippen LogP contribution in [0.25, 0.3) is 11.3 Å². The summed E-state index contributed by atoms with van der Waals surface area (Å²) in [5.74, 6) is 1.04. The number of benzene rings is 1. The molecule has 0 N–H and O–H groups in total. The predicted molar refractivity (Wildman–Crippen MR) is 77.6 cm³/mol. The lowest BCUT2D eigenvalue weighted by Crippen LogP contribution is -2.35. The van der Waals surface area contributed by atoms with Gasteiger partial charge in [-0.05, 0) is 5.56 Å². The van der Waals surface area contributed by atoms with Gasteiger partial charge in [-0.3, -0.25) is 4.90 Å². The Hall–Kier alpha value is -1.36. The summed E-state index contributed by atoms with van der Waals surface area (Å²) >= 11 is 5.71. The number of hydrogen-bond acceptors (Lipinski definition) is 4. The Morgan fingerprint density at radius 1 is 1.15 bits per heavy atom. The van der Waals surface area contributed by atoms with Crippen LogP contribution in [0.2, 0.25) is 0 Å². The standard InChI is InChI=1S/C15H17ClN2O2/c16-10-14-9-15(17-20-14)13-3-1-12(2-4-13)11-18-5-7-19-8-6-18/h1-4,9H,5-8,10-11H2. The number of nitrogens with zero attached hydrogens (tertiary/aromatic N) is 2. The molecule has 1 saturated heterocycles. The van der Waals surface area contributed by atoms with Crippen molar-refractivity contribution in [1.29, 1.82) is 0 Å². The summed E-state index contributed by atoms with van der Waals surface area (Å²) in [6.45, 7) is 4.64. The van der Waals surface area contributed by atoms with E-state index >= 15 is 0 Å². The lowest BCUT2D eigenvalue weighted by molar-refractivity contribution is 0.0342. The molecule has 0 radical (unpaired) electrons. The molecule has 0 atom stereocenters. The molecule has 5 heteroatoms. The van der Waals surface area contributed by atoms with Crippen LogP contribution < -0.4 is 0 Å². The molecule has 0 saturated carbocycles. The molecule has 1 aliphatic heterocycles. The maximum atomic E-state index is 5.71. The van der Waals surface area contributed by atoms with Gasteiger partial charge in [0.15, 0.2) is 5.76 Å². The van der Waals surface area contributed by atoms with Crippen LogP contribution in [0.3, 0.4) is 0 Å². The van der Waals surface area contributed by atoms with E-state index in [1.807, 2.05) is 6.07 Å². The zero-order valence-electron chi connectivity index (χ0n) is 11.2. The summed E-state index contributed by atoms with van der Waals surface area (Å²) in [6, 6.07) is 10.3. The molecule has 0 unspecified atom stereocenters. The Morgan fingerprint density at radius 3 is 2.55 bits per heavy atom. The van der Waals surface area contributed by atoms with Crippen LogP contribution in [-0.2, 0) is 17.2 Å². The van der Waals surface area contributed by atoms with Gasteiger partial charge in [0.1, 0.15) is 5.69 Å². The summed E-state index contributed by atoms with van der Waals surface area (Å²) < 4.78 is 10.5. The number of rotatable bonds is 4. The van der Waals surface area contributed by atoms with E-state index in [0.29, 0.717) is 11.6 Å². The molecule has 2 heterocycles. The highest BCUT2D eigenvalue weighted by Crippen LogP contribution is 2.21. The van der Waals surface area contributed by atoms with Gasteiger partial charge in [-0.2, -0.15) is 0 Å². The second kappa shape index (κ2) is 6.39. The Labute approximate surface area is 123 Å². The van der Waals surface area contributed by atoms with Crippen molar-refractivity contribution < 1.29 is 9.26 Å². The lowest BCUT2D eigenvalue weighted by Gasteiger charge is -2.26. The van der Waals surface area contributed by atoms with Gasteiger partial charge in [0.2, 0.25) is 0 Å². The number of hydrogen-bond donors (Lipinski definition) is 0.